The molecule has 0 aromatic heterocycles. The number of carbonyl (C=O) groups is 1. The molecule has 5 nitrogen and oxygen atoms in total. The molecule has 2 aliphatic heterocycles. The second-order valence-corrected chi connectivity index (χ2v) is 9.57. The molecule has 3 aromatic carbocycles. The lowest BCUT2D eigenvalue weighted by Crippen LogP contribution is -2.46. The number of piperidine rings is 1. The number of halogens is 2. The molecule has 1 spiro atoms. The number of methoxy groups -OCH3 is 1. The molecule has 2 heterocycles. The number of aryl methyl sites for hydroxylation is 1. The number of likely N-dealkylation sites (tertiary alicyclic amines) is 1. The highest BCUT2D eigenvalue weighted by Gasteiger charge is 2.46. The molecule has 35 heavy (non-hydrogen) atoms. The summed E-state index contributed by atoms with van der Waals surface area (Å²) in [4.78, 5) is 17.4. The average molecular weight is 478 g/mol. The van der Waals surface area contributed by atoms with Crippen molar-refractivity contribution < 1.29 is 18.3 Å². The Hall–Kier alpha value is -3.45. The maximum absolute atomic E-state index is 13.7. The number of fused-ring (bicyclic) bond motifs is 2. The maximum atomic E-state index is 13.7. The highest BCUT2D eigenvalue weighted by atomic mass is 19.2. The third-order valence-electron chi connectivity index (χ3n) is 7.28. The molecule has 1 fully saturated rings. The van der Waals surface area contributed by atoms with Gasteiger partial charge >= 0.3 is 6.03 Å². The molecule has 0 atom stereocenters. The van der Waals surface area contributed by atoms with Gasteiger partial charge in [0, 0.05) is 29.9 Å². The lowest BCUT2D eigenvalue weighted by Gasteiger charge is -2.40. The minimum Gasteiger partial charge on any atom is -0.497 e. The largest absolute Gasteiger partial charge is 0.497 e. The first-order chi connectivity index (χ1) is 16.9. The van der Waals surface area contributed by atoms with Crippen molar-refractivity contribution >= 4 is 17.4 Å². The molecule has 1 saturated heterocycles. The lowest BCUT2D eigenvalue weighted by atomic mass is 9.74. The molecule has 0 bridgehead atoms. The Morgan fingerprint density at radius 1 is 1.00 bits per heavy atom. The SMILES string of the molecule is COc1ccc2c(c1)C1(CCN(Cc3ccc(F)c(F)c3)CC1)CN2C(=O)Nc1ccc(C)cc1. The average Bonchev–Trinajstić information content (AvgIpc) is 3.18. The van der Waals surface area contributed by atoms with Crippen LogP contribution >= 0.6 is 0 Å². The number of rotatable bonds is 4. The van der Waals surface area contributed by atoms with Gasteiger partial charge < -0.3 is 10.1 Å². The van der Waals surface area contributed by atoms with Crippen molar-refractivity contribution in [2.45, 2.75) is 31.7 Å². The highest BCUT2D eigenvalue weighted by molar-refractivity contribution is 6.03. The van der Waals surface area contributed by atoms with Crippen LogP contribution in [0.3, 0.4) is 0 Å². The zero-order chi connectivity index (χ0) is 24.6. The van der Waals surface area contributed by atoms with Gasteiger partial charge in [-0.2, -0.15) is 0 Å². The van der Waals surface area contributed by atoms with E-state index in [0.717, 1.165) is 59.7 Å². The van der Waals surface area contributed by atoms with Crippen molar-refractivity contribution in [3.63, 3.8) is 0 Å². The smallest absolute Gasteiger partial charge is 0.326 e. The summed E-state index contributed by atoms with van der Waals surface area (Å²) in [5.41, 5.74) is 4.51. The molecule has 5 rings (SSSR count). The fourth-order valence-corrected chi connectivity index (χ4v) is 5.25. The van der Waals surface area contributed by atoms with Gasteiger partial charge in [0.25, 0.3) is 0 Å². The van der Waals surface area contributed by atoms with Gasteiger partial charge in [-0.1, -0.05) is 23.8 Å². The van der Waals surface area contributed by atoms with E-state index in [4.69, 9.17) is 4.74 Å². The molecule has 7 heteroatoms. The monoisotopic (exact) mass is 477 g/mol. The van der Waals surface area contributed by atoms with Crippen LogP contribution in [0.25, 0.3) is 0 Å². The lowest BCUT2D eigenvalue weighted by molar-refractivity contribution is 0.159. The number of benzene rings is 3. The summed E-state index contributed by atoms with van der Waals surface area (Å²) >= 11 is 0. The van der Waals surface area contributed by atoms with Crippen molar-refractivity contribution in [1.29, 1.82) is 0 Å². The van der Waals surface area contributed by atoms with Crippen molar-refractivity contribution in [2.24, 2.45) is 0 Å². The van der Waals surface area contributed by atoms with Gasteiger partial charge in [-0.05, 0) is 86.4 Å². The minimum absolute atomic E-state index is 0.152. The second kappa shape index (κ2) is 9.30. The number of amides is 2. The minimum atomic E-state index is -0.827. The van der Waals surface area contributed by atoms with E-state index in [2.05, 4.69) is 16.3 Å². The molecule has 0 aliphatic carbocycles. The molecule has 182 valence electrons. The Morgan fingerprint density at radius 3 is 2.43 bits per heavy atom. The van der Waals surface area contributed by atoms with E-state index in [-0.39, 0.29) is 11.4 Å². The summed E-state index contributed by atoms with van der Waals surface area (Å²) in [6, 6.07) is 17.6. The zero-order valence-corrected chi connectivity index (χ0v) is 20.0. The Labute approximate surface area is 204 Å². The van der Waals surface area contributed by atoms with Crippen LogP contribution in [0, 0.1) is 18.6 Å². The van der Waals surface area contributed by atoms with Gasteiger partial charge in [0.05, 0.1) is 7.11 Å². The number of nitrogens with one attached hydrogen (secondary N) is 1. The van der Waals surface area contributed by atoms with Gasteiger partial charge in [0.15, 0.2) is 11.6 Å². The zero-order valence-electron chi connectivity index (χ0n) is 20.0. The highest BCUT2D eigenvalue weighted by Crippen LogP contribution is 2.48. The number of anilines is 2. The van der Waals surface area contributed by atoms with E-state index in [1.165, 1.54) is 12.1 Å². The van der Waals surface area contributed by atoms with E-state index < -0.39 is 11.6 Å². The van der Waals surface area contributed by atoms with Gasteiger partial charge in [-0.25, -0.2) is 13.6 Å². The van der Waals surface area contributed by atoms with Crippen LogP contribution in [-0.4, -0.2) is 37.7 Å². The molecule has 2 amide bonds. The topological polar surface area (TPSA) is 44.8 Å². The first kappa shape index (κ1) is 23.3. The number of ether oxygens (including phenoxy) is 1. The standard InChI is InChI=1S/C28H29F2N3O2/c1-19-3-6-21(7-4-19)31-27(34)33-18-28(23-16-22(35-2)8-10-26(23)33)11-13-32(14-12-28)17-20-5-9-24(29)25(30)15-20/h3-10,15-16H,11-14,17-18H2,1-2H3,(H,31,34). The van der Waals surface area contributed by atoms with E-state index >= 15 is 0 Å². The van der Waals surface area contributed by atoms with E-state index in [1.807, 2.05) is 48.2 Å². The van der Waals surface area contributed by atoms with Gasteiger partial charge in [-0.15, -0.1) is 0 Å². The first-order valence-electron chi connectivity index (χ1n) is 11.9. The Bertz CT molecular complexity index is 1240. The van der Waals surface area contributed by atoms with Gasteiger partial charge in [-0.3, -0.25) is 9.80 Å². The predicted molar refractivity (Wildman–Crippen MR) is 133 cm³/mol. The van der Waals surface area contributed by atoms with E-state index in [9.17, 15) is 13.6 Å². The molecule has 0 radical (unpaired) electrons. The summed E-state index contributed by atoms with van der Waals surface area (Å²) in [6.45, 7) is 4.76. The maximum Gasteiger partial charge on any atom is 0.326 e. The van der Waals surface area contributed by atoms with Crippen molar-refractivity contribution in [3.05, 3.63) is 89.0 Å². The van der Waals surface area contributed by atoms with Crippen molar-refractivity contribution in [2.75, 3.05) is 37.0 Å². The Morgan fingerprint density at radius 2 is 1.74 bits per heavy atom. The fraction of sp³-hybridized carbons (Fsp3) is 0.321. The number of nitrogens with zero attached hydrogens (tertiary/aromatic N) is 2. The van der Waals surface area contributed by atoms with Crippen LogP contribution in [0.4, 0.5) is 25.0 Å². The van der Waals surface area contributed by atoms with Crippen LogP contribution in [0.1, 0.15) is 29.5 Å². The normalized spacial score (nSPS) is 16.9. The second-order valence-electron chi connectivity index (χ2n) is 9.57. The molecule has 2 aliphatic rings. The van der Waals surface area contributed by atoms with Crippen LogP contribution in [0.2, 0.25) is 0 Å². The summed E-state index contributed by atoms with van der Waals surface area (Å²) < 4.78 is 32.5. The van der Waals surface area contributed by atoms with Crippen molar-refractivity contribution in [3.8, 4) is 5.75 Å². The third-order valence-corrected chi connectivity index (χ3v) is 7.28. The first-order valence-corrected chi connectivity index (χ1v) is 11.9. The number of urea groups is 1. The van der Waals surface area contributed by atoms with Crippen LogP contribution < -0.4 is 15.0 Å². The number of hydrogen-bond acceptors (Lipinski definition) is 3. The molecular weight excluding hydrogens is 448 g/mol. The number of carbonyl (C=O) groups excluding carboxylic acids is 1. The predicted octanol–water partition coefficient (Wildman–Crippen LogP) is 5.87. The van der Waals surface area contributed by atoms with E-state index in [1.54, 1.807) is 13.2 Å². The van der Waals surface area contributed by atoms with Crippen LogP contribution in [0.15, 0.2) is 60.7 Å². The number of hydrogen-bond donors (Lipinski definition) is 1. The molecule has 1 N–H and O–H groups in total. The van der Waals surface area contributed by atoms with Crippen LogP contribution in [-0.2, 0) is 12.0 Å². The Kier molecular flexibility index (Phi) is 6.19. The molecule has 0 saturated carbocycles. The van der Waals surface area contributed by atoms with Gasteiger partial charge in [0.2, 0.25) is 0 Å². The summed E-state index contributed by atoms with van der Waals surface area (Å²) in [5.74, 6) is -0.872. The fourth-order valence-electron chi connectivity index (χ4n) is 5.25. The summed E-state index contributed by atoms with van der Waals surface area (Å²) in [6.07, 6.45) is 1.70. The molecular formula is C28H29F2N3O2. The van der Waals surface area contributed by atoms with Crippen molar-refractivity contribution in [1.82, 2.24) is 4.90 Å². The summed E-state index contributed by atoms with van der Waals surface area (Å²) in [7, 11) is 1.65. The summed E-state index contributed by atoms with van der Waals surface area (Å²) in [5, 5.41) is 3.03. The Balaban J connectivity index is 1.35. The third kappa shape index (κ3) is 4.60. The van der Waals surface area contributed by atoms with Crippen LogP contribution in [0.5, 0.6) is 5.75 Å². The van der Waals surface area contributed by atoms with Gasteiger partial charge in [0.1, 0.15) is 5.75 Å². The van der Waals surface area contributed by atoms with E-state index in [0.29, 0.717) is 13.1 Å². The molecule has 0 unspecified atom stereocenters. The quantitative estimate of drug-likeness (QED) is 0.511. The molecule has 3 aromatic rings.